The predicted molar refractivity (Wildman–Crippen MR) is 134 cm³/mol. The zero-order valence-corrected chi connectivity index (χ0v) is 21.0. The van der Waals surface area contributed by atoms with Crippen LogP contribution in [-0.4, -0.2) is 46.4 Å². The Morgan fingerprint density at radius 3 is 2.50 bits per heavy atom. The molecule has 1 fully saturated rings. The first kappa shape index (κ1) is 25.5. The van der Waals surface area contributed by atoms with Crippen LogP contribution in [0, 0.1) is 6.92 Å². The summed E-state index contributed by atoms with van der Waals surface area (Å²) in [5.74, 6) is 1.42. The fourth-order valence-corrected chi connectivity index (χ4v) is 4.21. The lowest BCUT2D eigenvalue weighted by Crippen LogP contribution is -2.49. The van der Waals surface area contributed by atoms with Crippen LogP contribution in [-0.2, 0) is 9.53 Å². The molecule has 182 valence electrons. The number of hydrogen-bond donors (Lipinski definition) is 0. The summed E-state index contributed by atoms with van der Waals surface area (Å²) >= 11 is 0. The molecule has 0 bridgehead atoms. The summed E-state index contributed by atoms with van der Waals surface area (Å²) < 4.78 is 12.1. The molecular formula is C28H36N2O4. The second-order valence-corrected chi connectivity index (χ2v) is 9.32. The van der Waals surface area contributed by atoms with E-state index < -0.39 is 5.60 Å². The molecule has 34 heavy (non-hydrogen) atoms. The van der Waals surface area contributed by atoms with Crippen molar-refractivity contribution < 1.29 is 19.1 Å². The number of pyridine rings is 1. The number of ether oxygens (including phenoxy) is 2. The number of ketones is 1. The summed E-state index contributed by atoms with van der Waals surface area (Å²) in [6, 6.07) is 9.28. The largest absolute Gasteiger partial charge is 0.491 e. The Morgan fingerprint density at radius 2 is 1.91 bits per heavy atom. The van der Waals surface area contributed by atoms with Gasteiger partial charge in [-0.25, -0.2) is 0 Å². The molecule has 6 nitrogen and oxygen atoms in total. The van der Waals surface area contributed by atoms with Crippen LogP contribution >= 0.6 is 0 Å². The van der Waals surface area contributed by atoms with Crippen LogP contribution in [0.4, 0.5) is 0 Å². The normalized spacial score (nSPS) is 16.9. The Balaban J connectivity index is 0.00000103. The molecule has 2 aromatic rings. The van der Waals surface area contributed by atoms with Crippen molar-refractivity contribution in [3.63, 3.8) is 0 Å². The maximum atomic E-state index is 13.1. The van der Waals surface area contributed by atoms with Gasteiger partial charge in [0.25, 0.3) is 5.91 Å². The van der Waals surface area contributed by atoms with Gasteiger partial charge in [0.1, 0.15) is 17.1 Å². The van der Waals surface area contributed by atoms with E-state index in [0.29, 0.717) is 43.7 Å². The number of hydrogen-bond acceptors (Lipinski definition) is 5. The van der Waals surface area contributed by atoms with E-state index in [4.69, 9.17) is 9.47 Å². The van der Waals surface area contributed by atoms with Gasteiger partial charge in [0.15, 0.2) is 5.78 Å². The molecule has 0 atom stereocenters. The Labute approximate surface area is 203 Å². The highest BCUT2D eigenvalue weighted by Crippen LogP contribution is 2.38. The minimum Gasteiger partial charge on any atom is -0.491 e. The summed E-state index contributed by atoms with van der Waals surface area (Å²) in [6.07, 6.45) is 7.87. The monoisotopic (exact) mass is 464 g/mol. The molecule has 0 radical (unpaired) electrons. The third-order valence-electron chi connectivity index (χ3n) is 5.81. The number of piperidine rings is 1. The molecule has 0 unspecified atom stereocenters. The zero-order chi connectivity index (χ0) is 24.7. The van der Waals surface area contributed by atoms with E-state index in [1.54, 1.807) is 18.5 Å². The van der Waals surface area contributed by atoms with Crippen molar-refractivity contribution in [3.05, 3.63) is 65.5 Å². The highest BCUT2D eigenvalue weighted by Gasteiger charge is 2.42. The predicted octanol–water partition coefficient (Wildman–Crippen LogP) is 5.60. The van der Waals surface area contributed by atoms with Gasteiger partial charge in [-0.05, 0) is 56.7 Å². The molecule has 0 aliphatic carbocycles. The Morgan fingerprint density at radius 1 is 1.21 bits per heavy atom. The second-order valence-electron chi connectivity index (χ2n) is 9.32. The first-order valence-electron chi connectivity index (χ1n) is 12.2. The lowest BCUT2D eigenvalue weighted by Gasteiger charge is -2.43. The van der Waals surface area contributed by atoms with E-state index in [1.807, 2.05) is 56.0 Å². The van der Waals surface area contributed by atoms with Crippen LogP contribution in [0.3, 0.4) is 0 Å². The van der Waals surface area contributed by atoms with Crippen molar-refractivity contribution in [1.29, 1.82) is 0 Å². The van der Waals surface area contributed by atoms with E-state index in [0.717, 1.165) is 16.9 Å². The van der Waals surface area contributed by atoms with E-state index in [1.165, 1.54) is 6.42 Å². The summed E-state index contributed by atoms with van der Waals surface area (Å²) in [7, 11) is 0. The topological polar surface area (TPSA) is 68.7 Å². The van der Waals surface area contributed by atoms with Crippen molar-refractivity contribution in [1.82, 2.24) is 9.88 Å². The van der Waals surface area contributed by atoms with Crippen LogP contribution in [0.2, 0.25) is 0 Å². The van der Waals surface area contributed by atoms with Crippen molar-refractivity contribution in [2.24, 2.45) is 0 Å². The van der Waals surface area contributed by atoms with E-state index in [-0.39, 0.29) is 17.8 Å². The van der Waals surface area contributed by atoms with Gasteiger partial charge in [0, 0.05) is 55.5 Å². The van der Waals surface area contributed by atoms with Crippen LogP contribution in [0.5, 0.6) is 5.75 Å². The average Bonchev–Trinajstić information content (AvgIpc) is 2.81. The van der Waals surface area contributed by atoms with Gasteiger partial charge in [0.05, 0.1) is 12.5 Å². The molecule has 3 heterocycles. The quantitative estimate of drug-likeness (QED) is 0.589. The molecule has 4 rings (SSSR count). The first-order valence-corrected chi connectivity index (χ1v) is 12.2. The van der Waals surface area contributed by atoms with Gasteiger partial charge in [-0.1, -0.05) is 20.3 Å². The Hall–Kier alpha value is -3.15. The molecule has 1 saturated heterocycles. The molecule has 0 N–H and O–H groups in total. The SMILES string of the molecule is CCC.Cc1cc(C(=O)N2CCC3(CC2)CC(=O)C=C(c2cccnc2)O3)ccc1OC(C)C. The lowest BCUT2D eigenvalue weighted by atomic mass is 9.84. The highest BCUT2D eigenvalue weighted by molar-refractivity contribution is 5.98. The number of amides is 1. The maximum Gasteiger partial charge on any atom is 0.253 e. The number of aryl methyl sites for hydroxylation is 1. The molecule has 2 aliphatic heterocycles. The third-order valence-corrected chi connectivity index (χ3v) is 5.81. The minimum absolute atomic E-state index is 0.000733. The van der Waals surface area contributed by atoms with Gasteiger partial charge < -0.3 is 14.4 Å². The number of benzene rings is 1. The molecule has 2 aliphatic rings. The van der Waals surface area contributed by atoms with E-state index in [9.17, 15) is 9.59 Å². The molecule has 6 heteroatoms. The summed E-state index contributed by atoms with van der Waals surface area (Å²) in [5.41, 5.74) is 1.84. The van der Waals surface area contributed by atoms with Gasteiger partial charge >= 0.3 is 0 Å². The van der Waals surface area contributed by atoms with E-state index in [2.05, 4.69) is 18.8 Å². The maximum absolute atomic E-state index is 13.1. The molecule has 1 spiro atoms. The molecule has 1 aromatic heterocycles. The summed E-state index contributed by atoms with van der Waals surface area (Å²) in [5, 5.41) is 0. The molecular weight excluding hydrogens is 428 g/mol. The fraction of sp³-hybridized carbons (Fsp3) is 0.464. The Bertz CT molecular complexity index is 1020. The molecule has 1 aromatic carbocycles. The van der Waals surface area contributed by atoms with Gasteiger partial charge in [0.2, 0.25) is 0 Å². The van der Waals surface area contributed by atoms with Crippen molar-refractivity contribution in [2.75, 3.05) is 13.1 Å². The number of nitrogens with zero attached hydrogens (tertiary/aromatic N) is 2. The average molecular weight is 465 g/mol. The van der Waals surface area contributed by atoms with Gasteiger partial charge in [-0.2, -0.15) is 0 Å². The van der Waals surface area contributed by atoms with Crippen LogP contribution in [0.25, 0.3) is 5.76 Å². The van der Waals surface area contributed by atoms with Crippen LogP contribution in [0.1, 0.15) is 74.9 Å². The highest BCUT2D eigenvalue weighted by atomic mass is 16.5. The fourth-order valence-electron chi connectivity index (χ4n) is 4.21. The van der Waals surface area contributed by atoms with Crippen molar-refractivity contribution in [3.8, 4) is 5.75 Å². The Kier molecular flexibility index (Phi) is 8.48. The van der Waals surface area contributed by atoms with Gasteiger partial charge in [-0.3, -0.25) is 14.6 Å². The van der Waals surface area contributed by atoms with Crippen molar-refractivity contribution >= 4 is 17.4 Å². The molecule has 0 saturated carbocycles. The number of carbonyl (C=O) groups is 2. The van der Waals surface area contributed by atoms with Crippen molar-refractivity contribution in [2.45, 2.75) is 72.0 Å². The number of rotatable bonds is 4. The summed E-state index contributed by atoms with van der Waals surface area (Å²) in [6.45, 7) is 11.3. The minimum atomic E-state index is -0.557. The first-order chi connectivity index (χ1) is 16.3. The number of aromatic nitrogens is 1. The van der Waals surface area contributed by atoms with Crippen LogP contribution in [0.15, 0.2) is 48.8 Å². The zero-order valence-electron chi connectivity index (χ0n) is 21.0. The second kappa shape index (κ2) is 11.3. The lowest BCUT2D eigenvalue weighted by molar-refractivity contribution is -0.123. The molecule has 1 amide bonds. The van der Waals surface area contributed by atoms with Crippen LogP contribution < -0.4 is 4.74 Å². The number of likely N-dealkylation sites (tertiary alicyclic amines) is 1. The number of carbonyl (C=O) groups excluding carboxylic acids is 2. The van der Waals surface area contributed by atoms with Gasteiger partial charge in [-0.15, -0.1) is 0 Å². The smallest absolute Gasteiger partial charge is 0.253 e. The standard InChI is InChI=1S/C25H28N2O4.C3H8/c1-17(2)30-22-7-6-19(13-18(22)3)24(29)27-11-8-25(9-12-27)15-21(28)14-23(31-25)20-5-4-10-26-16-20;1-3-2/h4-7,10,13-14,16-17H,8-9,11-12,15H2,1-3H3;3H2,1-2H3. The number of allylic oxidation sites excluding steroid dienone is 1. The summed E-state index contributed by atoms with van der Waals surface area (Å²) in [4.78, 5) is 31.5. The van der Waals surface area contributed by atoms with E-state index >= 15 is 0 Å². The third kappa shape index (κ3) is 6.25.